The summed E-state index contributed by atoms with van der Waals surface area (Å²) in [5, 5.41) is 17.3. The minimum atomic E-state index is 0.648. The van der Waals surface area contributed by atoms with Crippen LogP contribution in [0.5, 0.6) is 0 Å². The van der Waals surface area contributed by atoms with E-state index in [-0.39, 0.29) is 0 Å². The number of nitrogens with one attached hydrogen (secondary N) is 2. The largest absolute Gasteiger partial charge is 0.317 e. The minimum Gasteiger partial charge on any atom is -0.317 e. The van der Waals surface area contributed by atoms with Gasteiger partial charge in [-0.25, -0.2) is 0 Å². The second-order valence-corrected chi connectivity index (χ2v) is 3.72. The Morgan fingerprint density at radius 1 is 1.43 bits per heavy atom. The van der Waals surface area contributed by atoms with Gasteiger partial charge in [0.2, 0.25) is 0 Å². The van der Waals surface area contributed by atoms with E-state index in [2.05, 4.69) is 37.9 Å². The van der Waals surface area contributed by atoms with Crippen LogP contribution in [0.1, 0.15) is 18.7 Å². The molecule has 0 amide bonds. The summed E-state index contributed by atoms with van der Waals surface area (Å²) in [7, 11) is 2.12. The number of aromatic amines is 1. The van der Waals surface area contributed by atoms with Crippen molar-refractivity contribution in [3.05, 3.63) is 5.82 Å². The molecule has 0 bridgehead atoms. The van der Waals surface area contributed by atoms with E-state index in [0.29, 0.717) is 6.04 Å². The number of aromatic nitrogens is 4. The van der Waals surface area contributed by atoms with Gasteiger partial charge in [-0.1, -0.05) is 5.21 Å². The molecular weight excluding hydrogens is 180 g/mol. The highest BCUT2D eigenvalue weighted by Crippen LogP contribution is 2.11. The standard InChI is InChI=1S/C8H16N6/c1-14(6-8-10-12-13-11-8)7-2-4-9-5-3-7/h7,9H,2-6H2,1H3,(H,10,11,12,13). The van der Waals surface area contributed by atoms with Gasteiger partial charge in [0.1, 0.15) is 0 Å². The van der Waals surface area contributed by atoms with Crippen LogP contribution in [0.25, 0.3) is 0 Å². The molecule has 2 heterocycles. The van der Waals surface area contributed by atoms with Gasteiger partial charge in [-0.3, -0.25) is 4.90 Å². The molecule has 6 heteroatoms. The molecule has 1 fully saturated rings. The number of hydrogen-bond acceptors (Lipinski definition) is 5. The predicted molar refractivity (Wildman–Crippen MR) is 51.5 cm³/mol. The maximum absolute atomic E-state index is 3.95. The Morgan fingerprint density at radius 2 is 2.21 bits per heavy atom. The van der Waals surface area contributed by atoms with E-state index in [9.17, 15) is 0 Å². The van der Waals surface area contributed by atoms with Gasteiger partial charge in [0.25, 0.3) is 0 Å². The first-order valence-corrected chi connectivity index (χ1v) is 4.99. The van der Waals surface area contributed by atoms with Crippen molar-refractivity contribution in [1.29, 1.82) is 0 Å². The summed E-state index contributed by atoms with van der Waals surface area (Å²) in [6, 6.07) is 0.648. The lowest BCUT2D eigenvalue weighted by Gasteiger charge is -2.30. The van der Waals surface area contributed by atoms with Crippen molar-refractivity contribution in [1.82, 2.24) is 30.8 Å². The Hall–Kier alpha value is -1.01. The van der Waals surface area contributed by atoms with Gasteiger partial charge in [-0.15, -0.1) is 10.2 Å². The average Bonchev–Trinajstić information content (AvgIpc) is 2.72. The van der Waals surface area contributed by atoms with E-state index in [0.717, 1.165) is 25.5 Å². The van der Waals surface area contributed by atoms with E-state index >= 15 is 0 Å². The van der Waals surface area contributed by atoms with Gasteiger partial charge in [0.05, 0.1) is 6.54 Å². The van der Waals surface area contributed by atoms with Crippen LogP contribution in [0.15, 0.2) is 0 Å². The number of tetrazole rings is 1. The van der Waals surface area contributed by atoms with Gasteiger partial charge in [0, 0.05) is 6.04 Å². The molecule has 0 radical (unpaired) electrons. The monoisotopic (exact) mass is 196 g/mol. The molecule has 0 saturated carbocycles. The summed E-state index contributed by atoms with van der Waals surface area (Å²) in [6.07, 6.45) is 2.41. The van der Waals surface area contributed by atoms with Crippen LogP contribution in [-0.4, -0.2) is 51.7 Å². The second-order valence-electron chi connectivity index (χ2n) is 3.72. The topological polar surface area (TPSA) is 69.7 Å². The summed E-state index contributed by atoms with van der Waals surface area (Å²) in [5.41, 5.74) is 0. The fourth-order valence-corrected chi connectivity index (χ4v) is 1.85. The van der Waals surface area contributed by atoms with E-state index in [1.165, 1.54) is 12.8 Å². The quantitative estimate of drug-likeness (QED) is 0.674. The van der Waals surface area contributed by atoms with Crippen molar-refractivity contribution < 1.29 is 0 Å². The molecule has 1 saturated heterocycles. The lowest BCUT2D eigenvalue weighted by molar-refractivity contribution is 0.188. The summed E-state index contributed by atoms with van der Waals surface area (Å²) in [5.74, 6) is 0.769. The Bertz CT molecular complexity index is 253. The van der Waals surface area contributed by atoms with Crippen LogP contribution in [0.4, 0.5) is 0 Å². The summed E-state index contributed by atoms with van der Waals surface area (Å²) < 4.78 is 0. The minimum absolute atomic E-state index is 0.648. The van der Waals surface area contributed by atoms with Crippen LogP contribution in [0.2, 0.25) is 0 Å². The highest BCUT2D eigenvalue weighted by molar-refractivity contribution is 4.81. The van der Waals surface area contributed by atoms with Crippen LogP contribution in [0, 0.1) is 0 Å². The molecule has 78 valence electrons. The van der Waals surface area contributed by atoms with Crippen molar-refractivity contribution >= 4 is 0 Å². The van der Waals surface area contributed by atoms with Crippen LogP contribution in [-0.2, 0) is 6.54 Å². The predicted octanol–water partition coefficient (Wildman–Crippen LogP) is -0.616. The third-order valence-corrected chi connectivity index (χ3v) is 2.71. The Labute approximate surface area is 83.1 Å². The van der Waals surface area contributed by atoms with Crippen molar-refractivity contribution in [2.75, 3.05) is 20.1 Å². The Balaban J connectivity index is 1.85. The smallest absolute Gasteiger partial charge is 0.188 e. The highest BCUT2D eigenvalue weighted by Gasteiger charge is 2.18. The number of H-pyrrole nitrogens is 1. The first kappa shape index (κ1) is 9.54. The molecule has 2 N–H and O–H groups in total. The van der Waals surface area contributed by atoms with Gasteiger partial charge in [-0.2, -0.15) is 5.21 Å². The van der Waals surface area contributed by atoms with Crippen LogP contribution >= 0.6 is 0 Å². The van der Waals surface area contributed by atoms with Crippen molar-refractivity contribution in [3.63, 3.8) is 0 Å². The number of piperidine rings is 1. The van der Waals surface area contributed by atoms with E-state index in [1.807, 2.05) is 0 Å². The lowest BCUT2D eigenvalue weighted by atomic mass is 10.1. The summed E-state index contributed by atoms with van der Waals surface area (Å²) >= 11 is 0. The Kier molecular flexibility index (Phi) is 3.05. The average molecular weight is 196 g/mol. The molecule has 0 atom stereocenters. The molecule has 1 aliphatic rings. The zero-order valence-electron chi connectivity index (χ0n) is 8.40. The lowest BCUT2D eigenvalue weighted by Crippen LogP contribution is -2.40. The zero-order chi connectivity index (χ0) is 9.80. The maximum Gasteiger partial charge on any atom is 0.188 e. The number of rotatable bonds is 3. The molecule has 2 rings (SSSR count). The maximum atomic E-state index is 3.95. The number of hydrogen-bond donors (Lipinski definition) is 2. The Morgan fingerprint density at radius 3 is 2.86 bits per heavy atom. The molecular formula is C8H16N6. The van der Waals surface area contributed by atoms with Gasteiger partial charge < -0.3 is 5.32 Å². The molecule has 1 aromatic heterocycles. The number of nitrogens with zero attached hydrogens (tertiary/aromatic N) is 4. The molecule has 0 unspecified atom stereocenters. The van der Waals surface area contributed by atoms with Crippen molar-refractivity contribution in [3.8, 4) is 0 Å². The fraction of sp³-hybridized carbons (Fsp3) is 0.875. The molecule has 0 aromatic carbocycles. The van der Waals surface area contributed by atoms with Gasteiger partial charge >= 0.3 is 0 Å². The van der Waals surface area contributed by atoms with Crippen LogP contribution in [0.3, 0.4) is 0 Å². The second kappa shape index (κ2) is 4.47. The third-order valence-electron chi connectivity index (χ3n) is 2.71. The molecule has 6 nitrogen and oxygen atoms in total. The van der Waals surface area contributed by atoms with E-state index in [1.54, 1.807) is 0 Å². The van der Waals surface area contributed by atoms with Gasteiger partial charge in [-0.05, 0) is 33.0 Å². The van der Waals surface area contributed by atoms with Gasteiger partial charge in [0.15, 0.2) is 5.82 Å². The first-order chi connectivity index (χ1) is 6.86. The van der Waals surface area contributed by atoms with E-state index in [4.69, 9.17) is 0 Å². The molecule has 0 spiro atoms. The molecule has 14 heavy (non-hydrogen) atoms. The molecule has 0 aliphatic carbocycles. The zero-order valence-corrected chi connectivity index (χ0v) is 8.40. The summed E-state index contributed by atoms with van der Waals surface area (Å²) in [6.45, 7) is 3.00. The van der Waals surface area contributed by atoms with Crippen LogP contribution < -0.4 is 5.32 Å². The van der Waals surface area contributed by atoms with Crippen molar-refractivity contribution in [2.45, 2.75) is 25.4 Å². The summed E-state index contributed by atoms with van der Waals surface area (Å²) in [4.78, 5) is 2.30. The molecule has 1 aliphatic heterocycles. The fourth-order valence-electron chi connectivity index (χ4n) is 1.85. The first-order valence-electron chi connectivity index (χ1n) is 4.99. The SMILES string of the molecule is CN(Cc1nn[nH]n1)C1CCNCC1. The normalized spacial score (nSPS) is 19.0. The molecule has 1 aromatic rings. The highest BCUT2D eigenvalue weighted by atomic mass is 15.5. The van der Waals surface area contributed by atoms with E-state index < -0.39 is 0 Å². The third kappa shape index (κ3) is 2.27. The van der Waals surface area contributed by atoms with Crippen molar-refractivity contribution in [2.24, 2.45) is 0 Å².